The third-order valence-corrected chi connectivity index (χ3v) is 3.97. The standard InChI is InChI=1S/C14H16N2OS/c1-9-13(18-11(3)15-9)10(2)16-14(17)12-7-5-4-6-8-12/h4-8,10H,1-3H3,(H,16,17). The van der Waals surface area contributed by atoms with Crippen molar-refractivity contribution in [3.8, 4) is 0 Å². The van der Waals surface area contributed by atoms with Crippen molar-refractivity contribution in [2.24, 2.45) is 0 Å². The zero-order valence-electron chi connectivity index (χ0n) is 10.7. The topological polar surface area (TPSA) is 42.0 Å². The van der Waals surface area contributed by atoms with Gasteiger partial charge in [0.05, 0.1) is 16.7 Å². The second kappa shape index (κ2) is 5.31. The third-order valence-electron chi connectivity index (χ3n) is 2.72. The molecule has 0 spiro atoms. The van der Waals surface area contributed by atoms with Crippen molar-refractivity contribution in [3.05, 3.63) is 51.5 Å². The van der Waals surface area contributed by atoms with E-state index in [1.165, 1.54) is 0 Å². The number of aryl methyl sites for hydroxylation is 2. The predicted molar refractivity (Wildman–Crippen MR) is 73.9 cm³/mol. The normalized spacial score (nSPS) is 12.2. The molecule has 2 rings (SSSR count). The summed E-state index contributed by atoms with van der Waals surface area (Å²) in [7, 11) is 0. The molecular weight excluding hydrogens is 244 g/mol. The first kappa shape index (κ1) is 12.8. The van der Waals surface area contributed by atoms with E-state index in [9.17, 15) is 4.79 Å². The summed E-state index contributed by atoms with van der Waals surface area (Å²) in [4.78, 5) is 17.5. The maximum Gasteiger partial charge on any atom is 0.251 e. The van der Waals surface area contributed by atoms with Crippen molar-refractivity contribution in [1.29, 1.82) is 0 Å². The first-order chi connectivity index (χ1) is 8.58. The summed E-state index contributed by atoms with van der Waals surface area (Å²) in [6, 6.07) is 9.24. The van der Waals surface area contributed by atoms with Crippen LogP contribution in [0.5, 0.6) is 0 Å². The maximum atomic E-state index is 12.0. The number of aromatic nitrogens is 1. The Morgan fingerprint density at radius 2 is 1.94 bits per heavy atom. The fraction of sp³-hybridized carbons (Fsp3) is 0.286. The summed E-state index contributed by atoms with van der Waals surface area (Å²) < 4.78 is 0. The lowest BCUT2D eigenvalue weighted by molar-refractivity contribution is 0.0940. The average Bonchev–Trinajstić information content (AvgIpc) is 2.69. The zero-order chi connectivity index (χ0) is 13.1. The van der Waals surface area contributed by atoms with Gasteiger partial charge < -0.3 is 5.32 Å². The van der Waals surface area contributed by atoms with E-state index in [0.29, 0.717) is 5.56 Å². The Hall–Kier alpha value is -1.68. The molecule has 1 aromatic heterocycles. The Balaban J connectivity index is 2.10. The number of hydrogen-bond acceptors (Lipinski definition) is 3. The highest BCUT2D eigenvalue weighted by Crippen LogP contribution is 2.24. The third kappa shape index (κ3) is 2.76. The highest BCUT2D eigenvalue weighted by molar-refractivity contribution is 7.11. The first-order valence-corrected chi connectivity index (χ1v) is 6.69. The molecule has 0 bridgehead atoms. The van der Waals surface area contributed by atoms with E-state index < -0.39 is 0 Å². The van der Waals surface area contributed by atoms with Crippen LogP contribution in [0.1, 0.15) is 38.9 Å². The van der Waals surface area contributed by atoms with Crippen LogP contribution < -0.4 is 5.32 Å². The number of nitrogens with zero attached hydrogens (tertiary/aromatic N) is 1. The van der Waals surface area contributed by atoms with E-state index in [2.05, 4.69) is 10.3 Å². The lowest BCUT2D eigenvalue weighted by Gasteiger charge is -2.12. The van der Waals surface area contributed by atoms with E-state index >= 15 is 0 Å². The summed E-state index contributed by atoms with van der Waals surface area (Å²) >= 11 is 1.63. The molecule has 0 fully saturated rings. The summed E-state index contributed by atoms with van der Waals surface area (Å²) in [6.45, 7) is 5.94. The van der Waals surface area contributed by atoms with Gasteiger partial charge in [-0.3, -0.25) is 4.79 Å². The van der Waals surface area contributed by atoms with Crippen LogP contribution in [-0.2, 0) is 0 Å². The lowest BCUT2D eigenvalue weighted by Crippen LogP contribution is -2.26. The molecule has 4 heteroatoms. The van der Waals surface area contributed by atoms with Crippen LogP contribution in [0.15, 0.2) is 30.3 Å². The monoisotopic (exact) mass is 260 g/mol. The van der Waals surface area contributed by atoms with Crippen LogP contribution in [-0.4, -0.2) is 10.9 Å². The number of benzene rings is 1. The van der Waals surface area contributed by atoms with Gasteiger partial charge in [-0.15, -0.1) is 11.3 Å². The summed E-state index contributed by atoms with van der Waals surface area (Å²) in [5, 5.41) is 4.03. The van der Waals surface area contributed by atoms with E-state index in [1.807, 2.05) is 51.1 Å². The summed E-state index contributed by atoms with van der Waals surface area (Å²) in [5.74, 6) is -0.0476. The van der Waals surface area contributed by atoms with Crippen molar-refractivity contribution >= 4 is 17.2 Å². The Bertz CT molecular complexity index is 548. The van der Waals surface area contributed by atoms with Gasteiger partial charge in [0, 0.05) is 10.4 Å². The highest BCUT2D eigenvalue weighted by atomic mass is 32.1. The molecule has 0 aliphatic heterocycles. The van der Waals surface area contributed by atoms with Crippen LogP contribution >= 0.6 is 11.3 Å². The van der Waals surface area contributed by atoms with Gasteiger partial charge in [0.15, 0.2) is 0 Å². The molecule has 1 heterocycles. The van der Waals surface area contributed by atoms with Gasteiger partial charge in [-0.1, -0.05) is 18.2 Å². The molecule has 1 N–H and O–H groups in total. The predicted octanol–water partition coefficient (Wildman–Crippen LogP) is 3.25. The summed E-state index contributed by atoms with van der Waals surface area (Å²) in [6.07, 6.45) is 0. The molecule has 2 aromatic rings. The molecule has 0 aliphatic carbocycles. The molecule has 1 unspecified atom stereocenters. The number of carbonyl (C=O) groups excluding carboxylic acids is 1. The number of carbonyl (C=O) groups is 1. The molecular formula is C14H16N2OS. The largest absolute Gasteiger partial charge is 0.345 e. The minimum absolute atomic E-state index is 0.0103. The molecule has 1 atom stereocenters. The molecule has 1 amide bonds. The van der Waals surface area contributed by atoms with Gasteiger partial charge in [0.25, 0.3) is 5.91 Å². The minimum Gasteiger partial charge on any atom is -0.345 e. The molecule has 1 aromatic carbocycles. The molecule has 18 heavy (non-hydrogen) atoms. The summed E-state index contributed by atoms with van der Waals surface area (Å²) in [5.41, 5.74) is 1.68. The molecule has 0 saturated carbocycles. The highest BCUT2D eigenvalue weighted by Gasteiger charge is 2.15. The van der Waals surface area contributed by atoms with Crippen molar-refractivity contribution in [1.82, 2.24) is 10.3 Å². The number of hydrogen-bond donors (Lipinski definition) is 1. The number of rotatable bonds is 3. The smallest absolute Gasteiger partial charge is 0.251 e. The zero-order valence-corrected chi connectivity index (χ0v) is 11.5. The van der Waals surface area contributed by atoms with E-state index in [4.69, 9.17) is 0 Å². The van der Waals surface area contributed by atoms with Gasteiger partial charge in [0.2, 0.25) is 0 Å². The Labute approximate surface area is 111 Å². The second-order valence-corrected chi connectivity index (χ2v) is 5.48. The molecule has 94 valence electrons. The van der Waals surface area contributed by atoms with Crippen molar-refractivity contribution in [2.45, 2.75) is 26.8 Å². The van der Waals surface area contributed by atoms with E-state index in [1.54, 1.807) is 11.3 Å². The van der Waals surface area contributed by atoms with Crippen molar-refractivity contribution < 1.29 is 4.79 Å². The van der Waals surface area contributed by atoms with Gasteiger partial charge in [-0.2, -0.15) is 0 Å². The van der Waals surface area contributed by atoms with E-state index in [0.717, 1.165) is 15.6 Å². The van der Waals surface area contributed by atoms with Crippen molar-refractivity contribution in [3.63, 3.8) is 0 Å². The van der Waals surface area contributed by atoms with E-state index in [-0.39, 0.29) is 11.9 Å². The maximum absolute atomic E-state index is 12.0. The first-order valence-electron chi connectivity index (χ1n) is 5.87. The Kier molecular flexibility index (Phi) is 3.77. The van der Waals surface area contributed by atoms with Crippen LogP contribution in [0.3, 0.4) is 0 Å². The van der Waals surface area contributed by atoms with Crippen LogP contribution in [0.25, 0.3) is 0 Å². The Morgan fingerprint density at radius 1 is 1.28 bits per heavy atom. The number of thiazole rings is 1. The second-order valence-electron chi connectivity index (χ2n) is 4.24. The fourth-order valence-corrected chi connectivity index (χ4v) is 2.81. The fourth-order valence-electron chi connectivity index (χ4n) is 1.88. The molecule has 0 saturated heterocycles. The van der Waals surface area contributed by atoms with Crippen LogP contribution in [0.4, 0.5) is 0 Å². The quantitative estimate of drug-likeness (QED) is 0.920. The number of amides is 1. The van der Waals surface area contributed by atoms with Crippen molar-refractivity contribution in [2.75, 3.05) is 0 Å². The van der Waals surface area contributed by atoms with Gasteiger partial charge in [0.1, 0.15) is 0 Å². The SMILES string of the molecule is Cc1nc(C)c(C(C)NC(=O)c2ccccc2)s1. The molecule has 3 nitrogen and oxygen atoms in total. The lowest BCUT2D eigenvalue weighted by atomic mass is 10.2. The molecule has 0 radical (unpaired) electrons. The Morgan fingerprint density at radius 3 is 2.50 bits per heavy atom. The van der Waals surface area contributed by atoms with Crippen LogP contribution in [0.2, 0.25) is 0 Å². The number of nitrogens with one attached hydrogen (secondary N) is 1. The van der Waals surface area contributed by atoms with Gasteiger partial charge >= 0.3 is 0 Å². The van der Waals surface area contributed by atoms with Crippen LogP contribution in [0, 0.1) is 13.8 Å². The average molecular weight is 260 g/mol. The molecule has 0 aliphatic rings. The van der Waals surface area contributed by atoms with Gasteiger partial charge in [-0.25, -0.2) is 4.98 Å². The minimum atomic E-state index is -0.0476. The van der Waals surface area contributed by atoms with Gasteiger partial charge in [-0.05, 0) is 32.9 Å².